The Labute approximate surface area is 208 Å². The number of carbonyl (C=O) groups excluding carboxylic acids is 2. The van der Waals surface area contributed by atoms with Crippen LogP contribution in [0.5, 0.6) is 0 Å². The van der Waals surface area contributed by atoms with E-state index in [1.165, 1.54) is 22.4 Å². The van der Waals surface area contributed by atoms with Gasteiger partial charge in [-0.3, -0.25) is 24.2 Å². The van der Waals surface area contributed by atoms with Gasteiger partial charge in [0.2, 0.25) is 11.8 Å². The normalized spacial score (nSPS) is 25.6. The number of fused-ring (bicyclic) bond motifs is 2. The van der Waals surface area contributed by atoms with Crippen molar-refractivity contribution in [2.75, 3.05) is 19.7 Å². The van der Waals surface area contributed by atoms with Crippen LogP contribution >= 0.6 is 11.3 Å². The summed E-state index contributed by atoms with van der Waals surface area (Å²) >= 11 is 1.31. The lowest BCUT2D eigenvalue weighted by atomic mass is 10.1. The molecular weight excluding hydrogens is 495 g/mol. The van der Waals surface area contributed by atoms with Gasteiger partial charge in [0.15, 0.2) is 0 Å². The SMILES string of the molecule is CC1(C)C2C(=O)N(Cc3cc4nccc(-c5cc(C(F)(F)F)n(CC6CNCCO6)n5)c4s3)C(=O)C21. The van der Waals surface area contributed by atoms with Gasteiger partial charge in [0, 0.05) is 29.7 Å². The number of likely N-dealkylation sites (tertiary alicyclic amines) is 1. The maximum atomic E-state index is 13.8. The Morgan fingerprint density at radius 2 is 1.97 bits per heavy atom. The lowest BCUT2D eigenvalue weighted by molar-refractivity contribution is -0.145. The minimum atomic E-state index is -4.58. The maximum absolute atomic E-state index is 13.8. The van der Waals surface area contributed by atoms with E-state index < -0.39 is 18.0 Å². The Bertz CT molecular complexity index is 1350. The number of nitrogens with one attached hydrogen (secondary N) is 1. The zero-order valence-corrected chi connectivity index (χ0v) is 20.4. The van der Waals surface area contributed by atoms with Gasteiger partial charge >= 0.3 is 6.18 Å². The van der Waals surface area contributed by atoms with Crippen molar-refractivity contribution in [2.45, 2.75) is 39.2 Å². The highest BCUT2D eigenvalue weighted by atomic mass is 32.1. The van der Waals surface area contributed by atoms with Crippen LogP contribution in [-0.2, 0) is 33.6 Å². The molecule has 6 rings (SSSR count). The third kappa shape index (κ3) is 3.73. The summed E-state index contributed by atoms with van der Waals surface area (Å²) in [5, 5.41) is 7.43. The number of imide groups is 1. The average Bonchev–Trinajstić information content (AvgIpc) is 3.19. The molecule has 3 atom stereocenters. The first kappa shape index (κ1) is 23.6. The summed E-state index contributed by atoms with van der Waals surface area (Å²) in [5.74, 6) is -0.843. The molecule has 5 heterocycles. The lowest BCUT2D eigenvalue weighted by Crippen LogP contribution is -2.41. The second-order valence-electron chi connectivity index (χ2n) is 10.1. The third-order valence-corrected chi connectivity index (χ3v) is 8.54. The number of carbonyl (C=O) groups is 2. The van der Waals surface area contributed by atoms with E-state index in [2.05, 4.69) is 15.4 Å². The molecule has 2 saturated heterocycles. The van der Waals surface area contributed by atoms with Crippen LogP contribution in [0.25, 0.3) is 21.5 Å². The van der Waals surface area contributed by atoms with Crippen molar-refractivity contribution >= 4 is 33.4 Å². The van der Waals surface area contributed by atoms with Crippen LogP contribution in [0, 0.1) is 17.3 Å². The van der Waals surface area contributed by atoms with E-state index in [9.17, 15) is 22.8 Å². The van der Waals surface area contributed by atoms with E-state index in [1.807, 2.05) is 13.8 Å². The first-order chi connectivity index (χ1) is 17.1. The quantitative estimate of drug-likeness (QED) is 0.521. The third-order valence-electron chi connectivity index (χ3n) is 7.40. The zero-order valence-electron chi connectivity index (χ0n) is 19.6. The number of amides is 2. The van der Waals surface area contributed by atoms with Crippen LogP contribution < -0.4 is 5.32 Å². The molecule has 36 heavy (non-hydrogen) atoms. The van der Waals surface area contributed by atoms with E-state index >= 15 is 0 Å². The molecule has 2 amide bonds. The van der Waals surface area contributed by atoms with Gasteiger partial charge in [-0.2, -0.15) is 18.3 Å². The van der Waals surface area contributed by atoms with Crippen LogP contribution in [0.1, 0.15) is 24.4 Å². The largest absolute Gasteiger partial charge is 0.433 e. The summed E-state index contributed by atoms with van der Waals surface area (Å²) in [6.45, 7) is 5.51. The van der Waals surface area contributed by atoms with Gasteiger partial charge in [-0.25, -0.2) is 0 Å². The molecule has 3 aromatic rings. The molecule has 12 heteroatoms. The highest BCUT2D eigenvalue weighted by Gasteiger charge is 2.72. The standard InChI is InChI=1S/C24H24F3N5O3S/c1-23(2)18-19(23)22(34)31(21(18)33)11-13-7-16-20(36-13)14(3-4-29-16)15-8-17(24(25,26)27)32(30-15)10-12-9-28-5-6-35-12/h3-4,7-8,12,18-19,28H,5-6,9-11H2,1-2H3. The fourth-order valence-corrected chi connectivity index (χ4v) is 6.55. The van der Waals surface area contributed by atoms with Gasteiger partial charge in [-0.1, -0.05) is 13.8 Å². The van der Waals surface area contributed by atoms with Crippen molar-refractivity contribution in [1.82, 2.24) is 25.0 Å². The number of hydrogen-bond acceptors (Lipinski definition) is 7. The zero-order chi connectivity index (χ0) is 25.4. The number of halogens is 3. The second-order valence-corrected chi connectivity index (χ2v) is 11.3. The molecule has 0 spiro atoms. The van der Waals surface area contributed by atoms with E-state index in [0.29, 0.717) is 35.5 Å². The van der Waals surface area contributed by atoms with E-state index in [0.717, 1.165) is 15.6 Å². The molecule has 1 saturated carbocycles. The number of morpholine rings is 1. The summed E-state index contributed by atoms with van der Waals surface area (Å²) in [6.07, 6.45) is -3.46. The summed E-state index contributed by atoms with van der Waals surface area (Å²) in [5.41, 5.74) is 0.158. The number of hydrogen-bond donors (Lipinski definition) is 1. The van der Waals surface area contributed by atoms with Crippen LogP contribution in [0.4, 0.5) is 13.2 Å². The van der Waals surface area contributed by atoms with Gasteiger partial charge < -0.3 is 10.1 Å². The van der Waals surface area contributed by atoms with Gasteiger partial charge in [0.1, 0.15) is 5.69 Å². The smallest absolute Gasteiger partial charge is 0.374 e. The Balaban J connectivity index is 1.31. The van der Waals surface area contributed by atoms with Crippen LogP contribution in [-0.4, -0.2) is 57.3 Å². The molecule has 0 bridgehead atoms. The summed E-state index contributed by atoms with van der Waals surface area (Å²) in [7, 11) is 0. The number of alkyl halides is 3. The number of nitrogens with zero attached hydrogens (tertiary/aromatic N) is 4. The molecule has 190 valence electrons. The van der Waals surface area contributed by atoms with E-state index in [-0.39, 0.29) is 47.8 Å². The Hall–Kier alpha value is -2.83. The van der Waals surface area contributed by atoms with Crippen molar-refractivity contribution in [3.8, 4) is 11.3 Å². The Morgan fingerprint density at radius 3 is 2.64 bits per heavy atom. The molecule has 3 aromatic heterocycles. The van der Waals surface area contributed by atoms with Gasteiger partial charge in [0.05, 0.1) is 53.5 Å². The number of thiophene rings is 1. The average molecular weight is 520 g/mol. The Kier molecular flexibility index (Phi) is 5.29. The number of piperidine rings is 1. The Morgan fingerprint density at radius 1 is 1.22 bits per heavy atom. The van der Waals surface area contributed by atoms with Gasteiger partial charge in [-0.15, -0.1) is 11.3 Å². The van der Waals surface area contributed by atoms with Gasteiger partial charge in [-0.05, 0) is 23.6 Å². The molecule has 1 aliphatic carbocycles. The molecule has 3 fully saturated rings. The molecule has 1 N–H and O–H groups in total. The molecule has 0 radical (unpaired) electrons. The van der Waals surface area contributed by atoms with Crippen molar-refractivity contribution in [1.29, 1.82) is 0 Å². The van der Waals surface area contributed by atoms with Crippen molar-refractivity contribution in [3.63, 3.8) is 0 Å². The van der Waals surface area contributed by atoms with Crippen LogP contribution in [0.2, 0.25) is 0 Å². The lowest BCUT2D eigenvalue weighted by Gasteiger charge is -2.24. The molecule has 3 aliphatic rings. The molecule has 3 unspecified atom stereocenters. The van der Waals surface area contributed by atoms with Crippen molar-refractivity contribution in [3.05, 3.63) is 35.0 Å². The highest BCUT2D eigenvalue weighted by Crippen LogP contribution is 2.63. The minimum absolute atomic E-state index is 0.0242. The van der Waals surface area contributed by atoms with E-state index in [1.54, 1.807) is 12.1 Å². The predicted molar refractivity (Wildman–Crippen MR) is 125 cm³/mol. The number of pyridine rings is 1. The monoisotopic (exact) mass is 519 g/mol. The fraction of sp³-hybridized carbons (Fsp3) is 0.500. The number of rotatable bonds is 5. The summed E-state index contributed by atoms with van der Waals surface area (Å²) in [4.78, 5) is 31.9. The first-order valence-electron chi connectivity index (χ1n) is 11.8. The minimum Gasteiger partial charge on any atom is -0.374 e. The predicted octanol–water partition coefficient (Wildman–Crippen LogP) is 3.31. The first-order valence-corrected chi connectivity index (χ1v) is 12.6. The fourth-order valence-electron chi connectivity index (χ4n) is 5.43. The number of aromatic nitrogens is 3. The van der Waals surface area contributed by atoms with Crippen molar-refractivity contribution < 1.29 is 27.5 Å². The topological polar surface area (TPSA) is 89.3 Å². The second kappa shape index (κ2) is 8.09. The van der Waals surface area contributed by atoms with Crippen molar-refractivity contribution in [2.24, 2.45) is 17.3 Å². The number of ether oxygens (including phenoxy) is 1. The van der Waals surface area contributed by atoms with Gasteiger partial charge in [0.25, 0.3) is 0 Å². The van der Waals surface area contributed by atoms with E-state index in [4.69, 9.17) is 4.74 Å². The molecule has 8 nitrogen and oxygen atoms in total. The summed E-state index contributed by atoms with van der Waals surface area (Å²) < 4.78 is 48.7. The highest BCUT2D eigenvalue weighted by molar-refractivity contribution is 7.19. The van der Waals surface area contributed by atoms with Crippen LogP contribution in [0.3, 0.4) is 0 Å². The van der Waals surface area contributed by atoms with Crippen LogP contribution in [0.15, 0.2) is 24.4 Å². The molecule has 2 aliphatic heterocycles. The summed E-state index contributed by atoms with van der Waals surface area (Å²) in [6, 6.07) is 4.47. The molecule has 0 aromatic carbocycles. The maximum Gasteiger partial charge on any atom is 0.433 e. The molecular formula is C24H24F3N5O3S.